The van der Waals surface area contributed by atoms with Crippen molar-refractivity contribution in [3.8, 4) is 0 Å². The average molecular weight is 243 g/mol. The molecule has 0 fully saturated rings. The lowest BCUT2D eigenvalue weighted by Crippen LogP contribution is -1.97. The molecule has 0 aliphatic rings. The third kappa shape index (κ3) is 2.20. The maximum absolute atomic E-state index is 13.1. The minimum atomic E-state index is -0.781. The lowest BCUT2D eigenvalue weighted by molar-refractivity contribution is 0.223. The van der Waals surface area contributed by atoms with E-state index in [1.54, 1.807) is 6.07 Å². The van der Waals surface area contributed by atoms with Crippen LogP contribution in [0.3, 0.4) is 0 Å². The number of benzene rings is 1. The third-order valence-electron chi connectivity index (χ3n) is 2.07. The van der Waals surface area contributed by atoms with Gasteiger partial charge in [0.25, 0.3) is 0 Å². The Bertz CT molecular complexity index is 456. The Morgan fingerprint density at radius 3 is 2.73 bits per heavy atom. The fourth-order valence-corrected chi connectivity index (χ4v) is 2.15. The van der Waals surface area contributed by atoms with Crippen LogP contribution in [-0.4, -0.2) is 5.11 Å². The van der Waals surface area contributed by atoms with E-state index in [2.05, 4.69) is 0 Å². The number of aliphatic hydroxyl groups excluding tert-OH is 1. The summed E-state index contributed by atoms with van der Waals surface area (Å²) in [5.74, 6) is -0.509. The first-order chi connectivity index (χ1) is 7.18. The predicted octanol–water partition coefficient (Wildman–Crippen LogP) is 3.62. The van der Waals surface area contributed by atoms with E-state index in [9.17, 15) is 9.50 Å². The number of hydrogen-bond acceptors (Lipinski definition) is 2. The van der Waals surface area contributed by atoms with Gasteiger partial charge in [-0.25, -0.2) is 4.39 Å². The molecule has 0 aliphatic carbocycles. The van der Waals surface area contributed by atoms with E-state index in [4.69, 9.17) is 11.6 Å². The largest absolute Gasteiger partial charge is 0.383 e. The molecule has 1 N–H and O–H groups in total. The quantitative estimate of drug-likeness (QED) is 0.853. The molecule has 0 amide bonds. The monoisotopic (exact) mass is 242 g/mol. The molecule has 1 heterocycles. The van der Waals surface area contributed by atoms with E-state index in [0.717, 1.165) is 4.88 Å². The van der Waals surface area contributed by atoms with Crippen molar-refractivity contribution in [3.63, 3.8) is 0 Å². The molecule has 4 heteroatoms. The molecule has 0 radical (unpaired) electrons. The van der Waals surface area contributed by atoms with Crippen LogP contribution in [0.5, 0.6) is 0 Å². The van der Waals surface area contributed by atoms with Gasteiger partial charge >= 0.3 is 0 Å². The first-order valence-electron chi connectivity index (χ1n) is 4.35. The summed E-state index contributed by atoms with van der Waals surface area (Å²) < 4.78 is 13.1. The fourth-order valence-electron chi connectivity index (χ4n) is 1.29. The van der Waals surface area contributed by atoms with Crippen molar-refractivity contribution >= 4 is 22.9 Å². The molecular weight excluding hydrogens is 235 g/mol. The van der Waals surface area contributed by atoms with Crippen molar-refractivity contribution in [1.82, 2.24) is 0 Å². The minimum Gasteiger partial charge on any atom is -0.383 e. The number of thiophene rings is 1. The molecule has 0 aliphatic heterocycles. The number of hydrogen-bond donors (Lipinski definition) is 1. The van der Waals surface area contributed by atoms with Gasteiger partial charge in [0.15, 0.2) is 0 Å². The highest BCUT2D eigenvalue weighted by Crippen LogP contribution is 2.27. The molecule has 1 aromatic heterocycles. The molecule has 2 rings (SSSR count). The van der Waals surface area contributed by atoms with Crippen molar-refractivity contribution in [2.75, 3.05) is 0 Å². The maximum Gasteiger partial charge on any atom is 0.142 e. The standard InChI is InChI=1S/C11H8ClFOS/c12-8-4-3-7(6-9(8)13)11(14)10-2-1-5-15-10/h1-6,11,14H. The third-order valence-corrected chi connectivity index (χ3v) is 3.30. The average Bonchev–Trinajstić information content (AvgIpc) is 2.74. The van der Waals surface area contributed by atoms with Crippen LogP contribution in [0.1, 0.15) is 16.5 Å². The normalized spacial score (nSPS) is 12.7. The summed E-state index contributed by atoms with van der Waals surface area (Å²) in [6.07, 6.45) is -0.781. The van der Waals surface area contributed by atoms with Gasteiger partial charge < -0.3 is 5.11 Å². The molecule has 1 atom stereocenters. The highest BCUT2D eigenvalue weighted by Gasteiger charge is 2.12. The summed E-state index contributed by atoms with van der Waals surface area (Å²) in [6, 6.07) is 7.98. The van der Waals surface area contributed by atoms with E-state index < -0.39 is 11.9 Å². The SMILES string of the molecule is OC(c1ccc(Cl)c(F)c1)c1cccs1. The first kappa shape index (κ1) is 10.6. The van der Waals surface area contributed by atoms with Crippen molar-refractivity contribution in [1.29, 1.82) is 0 Å². The molecular formula is C11H8ClFOS. The topological polar surface area (TPSA) is 20.2 Å². The Morgan fingerprint density at radius 1 is 1.33 bits per heavy atom. The van der Waals surface area contributed by atoms with Crippen molar-refractivity contribution in [3.05, 3.63) is 57.0 Å². The number of rotatable bonds is 2. The molecule has 0 bridgehead atoms. The Hall–Kier alpha value is -0.900. The smallest absolute Gasteiger partial charge is 0.142 e. The lowest BCUT2D eigenvalue weighted by atomic mass is 10.1. The van der Waals surface area contributed by atoms with Gasteiger partial charge in [-0.2, -0.15) is 0 Å². The van der Waals surface area contributed by atoms with Crippen molar-refractivity contribution in [2.24, 2.45) is 0 Å². The highest BCUT2D eigenvalue weighted by atomic mass is 35.5. The van der Waals surface area contributed by atoms with Gasteiger partial charge in [-0.3, -0.25) is 0 Å². The second-order valence-corrected chi connectivity index (χ2v) is 4.48. The van der Waals surface area contributed by atoms with Gasteiger partial charge in [0.2, 0.25) is 0 Å². The van der Waals surface area contributed by atoms with Crippen LogP contribution in [0.15, 0.2) is 35.7 Å². The van der Waals surface area contributed by atoms with Gasteiger partial charge in [0.05, 0.1) is 5.02 Å². The number of aliphatic hydroxyl groups is 1. The molecule has 15 heavy (non-hydrogen) atoms. The predicted molar refractivity (Wildman–Crippen MR) is 59.8 cm³/mol. The van der Waals surface area contributed by atoms with Crippen molar-refractivity contribution in [2.45, 2.75) is 6.10 Å². The zero-order chi connectivity index (χ0) is 10.8. The summed E-state index contributed by atoms with van der Waals surface area (Å²) in [7, 11) is 0. The fraction of sp³-hybridized carbons (Fsp3) is 0.0909. The van der Waals surface area contributed by atoms with Crippen LogP contribution in [0.2, 0.25) is 5.02 Å². The Labute approximate surface area is 95.8 Å². The summed E-state index contributed by atoms with van der Waals surface area (Å²) in [5.41, 5.74) is 0.513. The molecule has 2 aromatic rings. The zero-order valence-electron chi connectivity index (χ0n) is 7.65. The second kappa shape index (κ2) is 4.31. The van der Waals surface area contributed by atoms with Gasteiger partial charge in [-0.1, -0.05) is 23.7 Å². The van der Waals surface area contributed by atoms with Crippen LogP contribution >= 0.6 is 22.9 Å². The maximum atomic E-state index is 13.1. The van der Waals surface area contributed by atoms with Crippen molar-refractivity contribution < 1.29 is 9.50 Å². The molecule has 1 aromatic carbocycles. The van der Waals surface area contributed by atoms with Crippen LogP contribution < -0.4 is 0 Å². The summed E-state index contributed by atoms with van der Waals surface area (Å²) in [5, 5.41) is 11.8. The van der Waals surface area contributed by atoms with E-state index >= 15 is 0 Å². The minimum absolute atomic E-state index is 0.0668. The summed E-state index contributed by atoms with van der Waals surface area (Å²) >= 11 is 6.99. The first-order valence-corrected chi connectivity index (χ1v) is 5.60. The van der Waals surface area contributed by atoms with Gasteiger partial charge in [-0.05, 0) is 29.1 Å². The van der Waals surface area contributed by atoms with Gasteiger partial charge in [0.1, 0.15) is 11.9 Å². The molecule has 0 saturated heterocycles. The second-order valence-electron chi connectivity index (χ2n) is 3.09. The van der Waals surface area contributed by atoms with Crippen LogP contribution in [0, 0.1) is 5.82 Å². The Balaban J connectivity index is 2.34. The summed E-state index contributed by atoms with van der Waals surface area (Å²) in [4.78, 5) is 0.789. The van der Waals surface area contributed by atoms with E-state index in [0.29, 0.717) is 5.56 Å². The number of halogens is 2. The lowest BCUT2D eigenvalue weighted by Gasteiger charge is -2.09. The zero-order valence-corrected chi connectivity index (χ0v) is 9.23. The van der Waals surface area contributed by atoms with Crippen LogP contribution in [0.25, 0.3) is 0 Å². The summed E-state index contributed by atoms with van der Waals surface area (Å²) in [6.45, 7) is 0. The molecule has 1 unspecified atom stereocenters. The molecule has 0 saturated carbocycles. The van der Waals surface area contributed by atoms with E-state index in [-0.39, 0.29) is 5.02 Å². The van der Waals surface area contributed by atoms with Crippen LogP contribution in [-0.2, 0) is 0 Å². The Morgan fingerprint density at radius 2 is 2.13 bits per heavy atom. The molecule has 0 spiro atoms. The van der Waals surface area contributed by atoms with Crippen LogP contribution in [0.4, 0.5) is 4.39 Å². The van der Waals surface area contributed by atoms with Gasteiger partial charge in [0, 0.05) is 4.88 Å². The van der Waals surface area contributed by atoms with E-state index in [1.807, 2.05) is 17.5 Å². The molecule has 1 nitrogen and oxygen atoms in total. The molecule has 78 valence electrons. The Kier molecular flexibility index (Phi) is 3.05. The highest BCUT2D eigenvalue weighted by molar-refractivity contribution is 7.10. The van der Waals surface area contributed by atoms with E-state index in [1.165, 1.54) is 23.5 Å². The van der Waals surface area contributed by atoms with Gasteiger partial charge in [-0.15, -0.1) is 11.3 Å².